The van der Waals surface area contributed by atoms with E-state index >= 15 is 0 Å². The summed E-state index contributed by atoms with van der Waals surface area (Å²) >= 11 is 0. The zero-order valence-corrected chi connectivity index (χ0v) is 12.6. The number of piperazine rings is 1. The van der Waals surface area contributed by atoms with Crippen molar-refractivity contribution in [1.82, 2.24) is 9.80 Å². The molecule has 1 N–H and O–H groups in total. The van der Waals surface area contributed by atoms with Crippen LogP contribution >= 0.6 is 0 Å². The molecule has 2 saturated heterocycles. The number of piperidine rings is 1. The fraction of sp³-hybridized carbons (Fsp3) is 0.556. The lowest BCUT2D eigenvalue weighted by Crippen LogP contribution is -2.54. The largest absolute Gasteiger partial charge is 0.384 e. The molecule has 3 heteroatoms. The van der Waals surface area contributed by atoms with Crippen molar-refractivity contribution in [3.05, 3.63) is 35.4 Å². The highest BCUT2D eigenvalue weighted by molar-refractivity contribution is 5.41. The van der Waals surface area contributed by atoms with Gasteiger partial charge in [-0.1, -0.05) is 36.5 Å². The van der Waals surface area contributed by atoms with E-state index in [1.165, 1.54) is 44.5 Å². The zero-order valence-electron chi connectivity index (χ0n) is 12.6. The number of nitrogens with zero attached hydrogens (tertiary/aromatic N) is 2. The Labute approximate surface area is 127 Å². The molecule has 0 aliphatic carbocycles. The summed E-state index contributed by atoms with van der Waals surface area (Å²) in [5.41, 5.74) is 2.33. The van der Waals surface area contributed by atoms with E-state index < -0.39 is 0 Å². The highest BCUT2D eigenvalue weighted by Crippen LogP contribution is 2.22. The Balaban J connectivity index is 1.67. The molecule has 1 unspecified atom stereocenters. The van der Waals surface area contributed by atoms with Crippen molar-refractivity contribution in [2.75, 3.05) is 32.8 Å². The van der Waals surface area contributed by atoms with Gasteiger partial charge in [0, 0.05) is 37.8 Å². The Morgan fingerprint density at radius 3 is 2.95 bits per heavy atom. The summed E-state index contributed by atoms with van der Waals surface area (Å²) < 4.78 is 0. The number of hydrogen-bond donors (Lipinski definition) is 1. The topological polar surface area (TPSA) is 26.7 Å². The first kappa shape index (κ1) is 14.6. The van der Waals surface area contributed by atoms with Gasteiger partial charge in [-0.3, -0.25) is 9.80 Å². The van der Waals surface area contributed by atoms with Crippen LogP contribution in [0.2, 0.25) is 0 Å². The molecule has 0 saturated carbocycles. The molecule has 1 atom stereocenters. The quantitative estimate of drug-likeness (QED) is 0.838. The molecule has 3 nitrogen and oxygen atoms in total. The summed E-state index contributed by atoms with van der Waals surface area (Å²) in [6, 6.07) is 9.06. The third-order valence-corrected chi connectivity index (χ3v) is 4.63. The van der Waals surface area contributed by atoms with E-state index in [0.29, 0.717) is 0 Å². The van der Waals surface area contributed by atoms with Gasteiger partial charge in [-0.25, -0.2) is 0 Å². The fourth-order valence-electron chi connectivity index (χ4n) is 3.52. The Hall–Kier alpha value is -1.34. The number of aliphatic hydroxyl groups is 1. The van der Waals surface area contributed by atoms with Crippen molar-refractivity contribution in [3.8, 4) is 11.8 Å². The molecule has 2 fully saturated rings. The maximum absolute atomic E-state index is 8.88. The summed E-state index contributed by atoms with van der Waals surface area (Å²) in [7, 11) is 0. The molecular formula is C18H24N2O. The van der Waals surface area contributed by atoms with Crippen LogP contribution in [-0.4, -0.2) is 53.7 Å². The van der Waals surface area contributed by atoms with Crippen molar-refractivity contribution in [2.45, 2.75) is 31.8 Å². The van der Waals surface area contributed by atoms with Crippen LogP contribution in [0.5, 0.6) is 0 Å². The minimum absolute atomic E-state index is 0.0743. The monoisotopic (exact) mass is 284 g/mol. The molecule has 2 aliphatic rings. The molecule has 112 valence electrons. The Bertz CT molecular complexity index is 532. The fourth-order valence-corrected chi connectivity index (χ4v) is 3.52. The van der Waals surface area contributed by atoms with Crippen LogP contribution in [0.25, 0.3) is 0 Å². The van der Waals surface area contributed by atoms with Gasteiger partial charge in [0.25, 0.3) is 0 Å². The molecule has 2 heterocycles. The maximum Gasteiger partial charge on any atom is 0.104 e. The maximum atomic E-state index is 8.88. The number of hydrogen-bond acceptors (Lipinski definition) is 3. The normalized spacial score (nSPS) is 23.2. The van der Waals surface area contributed by atoms with Crippen LogP contribution in [0.3, 0.4) is 0 Å². The average molecular weight is 284 g/mol. The van der Waals surface area contributed by atoms with Crippen LogP contribution < -0.4 is 0 Å². The first-order chi connectivity index (χ1) is 10.4. The molecule has 0 spiro atoms. The van der Waals surface area contributed by atoms with Gasteiger partial charge in [0.2, 0.25) is 0 Å². The molecule has 0 bridgehead atoms. The lowest BCUT2D eigenvalue weighted by atomic mass is 9.99. The molecular weight excluding hydrogens is 260 g/mol. The van der Waals surface area contributed by atoms with Crippen molar-refractivity contribution < 1.29 is 5.11 Å². The molecule has 1 aromatic rings. The molecule has 0 aromatic heterocycles. The van der Waals surface area contributed by atoms with E-state index in [1.807, 2.05) is 6.07 Å². The van der Waals surface area contributed by atoms with E-state index in [2.05, 4.69) is 39.8 Å². The molecule has 3 rings (SSSR count). The van der Waals surface area contributed by atoms with Crippen LogP contribution in [0.4, 0.5) is 0 Å². The minimum atomic E-state index is -0.0743. The van der Waals surface area contributed by atoms with Gasteiger partial charge >= 0.3 is 0 Å². The van der Waals surface area contributed by atoms with Crippen molar-refractivity contribution in [1.29, 1.82) is 0 Å². The molecule has 1 aromatic carbocycles. The van der Waals surface area contributed by atoms with E-state index in [0.717, 1.165) is 24.7 Å². The SMILES string of the molecule is OCC#Cc1ccccc1CN1CCN2CCCCC2C1. The average Bonchev–Trinajstić information content (AvgIpc) is 2.54. The smallest absolute Gasteiger partial charge is 0.104 e. The van der Waals surface area contributed by atoms with Crippen LogP contribution in [-0.2, 0) is 6.54 Å². The van der Waals surface area contributed by atoms with Gasteiger partial charge in [-0.15, -0.1) is 0 Å². The first-order valence-electron chi connectivity index (χ1n) is 8.01. The van der Waals surface area contributed by atoms with Gasteiger partial charge in [0.15, 0.2) is 0 Å². The van der Waals surface area contributed by atoms with Crippen molar-refractivity contribution >= 4 is 0 Å². The van der Waals surface area contributed by atoms with Gasteiger partial charge in [0.1, 0.15) is 6.61 Å². The third kappa shape index (κ3) is 3.65. The van der Waals surface area contributed by atoms with E-state index in [1.54, 1.807) is 0 Å². The second-order valence-electron chi connectivity index (χ2n) is 6.04. The Morgan fingerprint density at radius 1 is 1.14 bits per heavy atom. The van der Waals surface area contributed by atoms with Crippen LogP contribution in [0, 0.1) is 11.8 Å². The highest BCUT2D eigenvalue weighted by Gasteiger charge is 2.28. The molecule has 0 amide bonds. The molecule has 0 radical (unpaired) electrons. The van der Waals surface area contributed by atoms with Gasteiger partial charge < -0.3 is 5.11 Å². The number of rotatable bonds is 2. The van der Waals surface area contributed by atoms with Gasteiger partial charge in [-0.2, -0.15) is 0 Å². The second-order valence-corrected chi connectivity index (χ2v) is 6.04. The van der Waals surface area contributed by atoms with Crippen LogP contribution in [0.15, 0.2) is 24.3 Å². The second kappa shape index (κ2) is 7.09. The standard InChI is InChI=1S/C18H24N2O/c21-13-5-8-16-6-1-2-7-17(16)14-19-11-12-20-10-4-3-9-18(20)15-19/h1-2,6-7,18,21H,3-4,9-15H2. The van der Waals surface area contributed by atoms with Gasteiger partial charge in [-0.05, 0) is 31.0 Å². The first-order valence-corrected chi connectivity index (χ1v) is 8.01. The summed E-state index contributed by atoms with van der Waals surface area (Å²) in [5, 5.41) is 8.88. The summed E-state index contributed by atoms with van der Waals surface area (Å²) in [5.74, 6) is 5.84. The highest BCUT2D eigenvalue weighted by atomic mass is 16.2. The summed E-state index contributed by atoms with van der Waals surface area (Å²) in [6.07, 6.45) is 4.10. The predicted molar refractivity (Wildman–Crippen MR) is 84.9 cm³/mol. The number of benzene rings is 1. The van der Waals surface area contributed by atoms with E-state index in [9.17, 15) is 0 Å². The molecule has 2 aliphatic heterocycles. The molecule has 21 heavy (non-hydrogen) atoms. The third-order valence-electron chi connectivity index (χ3n) is 4.63. The van der Waals surface area contributed by atoms with Crippen LogP contribution in [0.1, 0.15) is 30.4 Å². The van der Waals surface area contributed by atoms with E-state index in [4.69, 9.17) is 5.11 Å². The summed E-state index contributed by atoms with van der Waals surface area (Å²) in [6.45, 7) is 5.72. The Morgan fingerprint density at radius 2 is 2.05 bits per heavy atom. The predicted octanol–water partition coefficient (Wildman–Crippen LogP) is 1.70. The van der Waals surface area contributed by atoms with Crippen molar-refractivity contribution in [2.24, 2.45) is 0 Å². The van der Waals surface area contributed by atoms with E-state index in [-0.39, 0.29) is 6.61 Å². The Kier molecular flexibility index (Phi) is 4.92. The number of fused-ring (bicyclic) bond motifs is 1. The lowest BCUT2D eigenvalue weighted by molar-refractivity contribution is 0.0456. The zero-order chi connectivity index (χ0) is 14.5. The summed E-state index contributed by atoms with van der Waals surface area (Å²) in [4.78, 5) is 5.23. The lowest BCUT2D eigenvalue weighted by Gasteiger charge is -2.44. The minimum Gasteiger partial charge on any atom is -0.384 e. The van der Waals surface area contributed by atoms with Crippen molar-refractivity contribution in [3.63, 3.8) is 0 Å². The van der Waals surface area contributed by atoms with Gasteiger partial charge in [0.05, 0.1) is 0 Å². The number of aliphatic hydroxyl groups excluding tert-OH is 1.